The lowest BCUT2D eigenvalue weighted by Crippen LogP contribution is -2.31. The van der Waals surface area contributed by atoms with Crippen molar-refractivity contribution in [1.29, 1.82) is 0 Å². The van der Waals surface area contributed by atoms with E-state index in [1.165, 1.54) is 12.1 Å². The van der Waals surface area contributed by atoms with Crippen molar-refractivity contribution >= 4 is 17.3 Å². The summed E-state index contributed by atoms with van der Waals surface area (Å²) in [6, 6.07) is 4.42. The second-order valence-electron chi connectivity index (χ2n) is 4.94. The zero-order valence-electron chi connectivity index (χ0n) is 11.3. The fraction of sp³-hybridized carbons (Fsp3) is 0.462. The van der Waals surface area contributed by atoms with Crippen molar-refractivity contribution in [3.8, 4) is 0 Å². The molecule has 1 atom stereocenters. The summed E-state index contributed by atoms with van der Waals surface area (Å²) in [5.74, 6) is -0.132. The minimum atomic E-state index is -0.509. The molecule has 0 aliphatic heterocycles. The molecule has 1 aromatic rings. The lowest BCUT2D eigenvalue weighted by Gasteiger charge is -2.15. The Morgan fingerprint density at radius 2 is 2.11 bits per heavy atom. The summed E-state index contributed by atoms with van der Waals surface area (Å²) in [6.07, 6.45) is 0.142. The van der Waals surface area contributed by atoms with Crippen LogP contribution in [0.5, 0.6) is 0 Å². The van der Waals surface area contributed by atoms with Gasteiger partial charge in [-0.1, -0.05) is 19.9 Å². The van der Waals surface area contributed by atoms with E-state index in [9.17, 15) is 14.9 Å². The van der Waals surface area contributed by atoms with Gasteiger partial charge in [0, 0.05) is 18.5 Å². The van der Waals surface area contributed by atoms with Crippen LogP contribution in [0.4, 0.5) is 11.4 Å². The largest absolute Gasteiger partial charge is 0.327 e. The van der Waals surface area contributed by atoms with Gasteiger partial charge in [-0.25, -0.2) is 0 Å². The predicted octanol–water partition coefficient (Wildman–Crippen LogP) is 2.22. The maximum atomic E-state index is 11.8. The van der Waals surface area contributed by atoms with E-state index >= 15 is 0 Å². The van der Waals surface area contributed by atoms with Gasteiger partial charge in [0.25, 0.3) is 5.69 Å². The van der Waals surface area contributed by atoms with E-state index in [1.54, 1.807) is 13.0 Å². The molecule has 3 N–H and O–H groups in total. The van der Waals surface area contributed by atoms with Crippen LogP contribution in [-0.4, -0.2) is 16.9 Å². The molecule has 0 aliphatic rings. The summed E-state index contributed by atoms with van der Waals surface area (Å²) in [5.41, 5.74) is 6.67. The topological polar surface area (TPSA) is 98.3 Å². The number of nitro groups is 1. The molecule has 1 rings (SSSR count). The van der Waals surface area contributed by atoms with E-state index in [2.05, 4.69) is 5.32 Å². The molecule has 0 radical (unpaired) electrons. The quantitative estimate of drug-likeness (QED) is 0.630. The second kappa shape index (κ2) is 6.29. The minimum absolute atomic E-state index is 0.105. The molecule has 0 spiro atoms. The zero-order chi connectivity index (χ0) is 14.6. The van der Waals surface area contributed by atoms with Crippen LogP contribution in [0, 0.1) is 23.0 Å². The summed E-state index contributed by atoms with van der Waals surface area (Å²) in [5, 5.41) is 13.5. The molecular formula is C13H19N3O3. The van der Waals surface area contributed by atoms with Gasteiger partial charge < -0.3 is 11.1 Å². The molecule has 0 heterocycles. The number of nitrogens with two attached hydrogens (primary N) is 1. The number of hydrogen-bond donors (Lipinski definition) is 2. The van der Waals surface area contributed by atoms with Gasteiger partial charge in [0.2, 0.25) is 5.91 Å². The smallest absolute Gasteiger partial charge is 0.293 e. The molecule has 6 nitrogen and oxygen atoms in total. The number of nitrogens with zero attached hydrogens (tertiary/aromatic N) is 1. The highest BCUT2D eigenvalue weighted by molar-refractivity contribution is 5.93. The molecule has 1 amide bonds. The van der Waals surface area contributed by atoms with Gasteiger partial charge in [0.15, 0.2) is 0 Å². The number of carbonyl (C=O) groups is 1. The van der Waals surface area contributed by atoms with Crippen molar-refractivity contribution in [2.45, 2.75) is 33.2 Å². The van der Waals surface area contributed by atoms with Crippen molar-refractivity contribution < 1.29 is 9.72 Å². The highest BCUT2D eigenvalue weighted by atomic mass is 16.6. The Bertz CT molecular complexity index is 486. The standard InChI is InChI=1S/C13H19N3O3/c1-8(2)10(14)7-13(17)15-11-5-4-9(3)6-12(11)16(18)19/h4-6,8,10H,7,14H2,1-3H3,(H,15,17). The lowest BCUT2D eigenvalue weighted by atomic mass is 10.0. The number of hydrogen-bond acceptors (Lipinski definition) is 4. The summed E-state index contributed by atoms with van der Waals surface area (Å²) >= 11 is 0. The highest BCUT2D eigenvalue weighted by Gasteiger charge is 2.18. The van der Waals surface area contributed by atoms with Crippen LogP contribution in [-0.2, 0) is 4.79 Å². The maximum Gasteiger partial charge on any atom is 0.293 e. The van der Waals surface area contributed by atoms with E-state index in [0.717, 1.165) is 5.56 Å². The monoisotopic (exact) mass is 265 g/mol. The average molecular weight is 265 g/mol. The molecule has 0 aliphatic carbocycles. The molecule has 0 saturated heterocycles. The average Bonchev–Trinajstić information content (AvgIpc) is 2.30. The van der Waals surface area contributed by atoms with Crippen LogP contribution < -0.4 is 11.1 Å². The predicted molar refractivity (Wildman–Crippen MR) is 73.9 cm³/mol. The number of nitro benzene ring substituents is 1. The van der Waals surface area contributed by atoms with E-state index in [1.807, 2.05) is 13.8 Å². The molecular weight excluding hydrogens is 246 g/mol. The summed E-state index contributed by atoms with van der Waals surface area (Å²) in [7, 11) is 0. The highest BCUT2D eigenvalue weighted by Crippen LogP contribution is 2.25. The van der Waals surface area contributed by atoms with Crippen molar-refractivity contribution in [3.63, 3.8) is 0 Å². The van der Waals surface area contributed by atoms with Crippen LogP contribution in [0.25, 0.3) is 0 Å². The molecule has 1 aromatic carbocycles. The third kappa shape index (κ3) is 4.33. The summed E-state index contributed by atoms with van der Waals surface area (Å²) in [4.78, 5) is 22.2. The number of rotatable bonds is 5. The maximum absolute atomic E-state index is 11.8. The van der Waals surface area contributed by atoms with Crippen LogP contribution >= 0.6 is 0 Å². The van der Waals surface area contributed by atoms with Crippen molar-refractivity contribution in [2.75, 3.05) is 5.32 Å². The number of anilines is 1. The van der Waals surface area contributed by atoms with Crippen molar-refractivity contribution in [1.82, 2.24) is 0 Å². The van der Waals surface area contributed by atoms with Crippen LogP contribution in [0.3, 0.4) is 0 Å². The van der Waals surface area contributed by atoms with Gasteiger partial charge in [-0.05, 0) is 24.5 Å². The van der Waals surface area contributed by atoms with Gasteiger partial charge in [0.05, 0.1) is 4.92 Å². The fourth-order valence-electron chi connectivity index (χ4n) is 1.55. The SMILES string of the molecule is Cc1ccc(NC(=O)CC(N)C(C)C)c([N+](=O)[O-])c1. The first-order chi connectivity index (χ1) is 8.81. The van der Waals surface area contributed by atoms with Crippen LogP contribution in [0.1, 0.15) is 25.8 Å². The van der Waals surface area contributed by atoms with Gasteiger partial charge in [-0.15, -0.1) is 0 Å². The van der Waals surface area contributed by atoms with Gasteiger partial charge in [-0.2, -0.15) is 0 Å². The lowest BCUT2D eigenvalue weighted by molar-refractivity contribution is -0.384. The molecule has 19 heavy (non-hydrogen) atoms. The number of aryl methyl sites for hydroxylation is 1. The fourth-order valence-corrected chi connectivity index (χ4v) is 1.55. The molecule has 0 fully saturated rings. The van der Waals surface area contributed by atoms with E-state index in [4.69, 9.17) is 5.73 Å². The Kier molecular flexibility index (Phi) is 5.00. The molecule has 6 heteroatoms. The van der Waals surface area contributed by atoms with Crippen molar-refractivity contribution in [2.24, 2.45) is 11.7 Å². The van der Waals surface area contributed by atoms with Crippen LogP contribution in [0.2, 0.25) is 0 Å². The second-order valence-corrected chi connectivity index (χ2v) is 4.94. The van der Waals surface area contributed by atoms with E-state index in [-0.39, 0.29) is 35.7 Å². The summed E-state index contributed by atoms with van der Waals surface area (Å²) < 4.78 is 0. The first kappa shape index (κ1) is 15.1. The Morgan fingerprint density at radius 1 is 1.47 bits per heavy atom. The molecule has 0 aromatic heterocycles. The van der Waals surface area contributed by atoms with E-state index in [0.29, 0.717) is 0 Å². The van der Waals surface area contributed by atoms with Gasteiger partial charge in [-0.3, -0.25) is 14.9 Å². The molecule has 0 bridgehead atoms. The Balaban J connectivity index is 2.82. The number of amides is 1. The Morgan fingerprint density at radius 3 is 2.63 bits per heavy atom. The third-order valence-corrected chi connectivity index (χ3v) is 2.90. The third-order valence-electron chi connectivity index (χ3n) is 2.90. The number of carbonyl (C=O) groups excluding carboxylic acids is 1. The van der Waals surface area contributed by atoms with Gasteiger partial charge in [0.1, 0.15) is 5.69 Å². The van der Waals surface area contributed by atoms with Gasteiger partial charge >= 0.3 is 0 Å². The summed E-state index contributed by atoms with van der Waals surface area (Å²) in [6.45, 7) is 5.60. The zero-order valence-corrected chi connectivity index (χ0v) is 11.3. The van der Waals surface area contributed by atoms with Crippen molar-refractivity contribution in [3.05, 3.63) is 33.9 Å². The Labute approximate surface area is 112 Å². The number of nitrogens with one attached hydrogen (secondary N) is 1. The van der Waals surface area contributed by atoms with Crippen LogP contribution in [0.15, 0.2) is 18.2 Å². The first-order valence-corrected chi connectivity index (χ1v) is 6.11. The number of benzene rings is 1. The Hall–Kier alpha value is -1.95. The normalized spacial score (nSPS) is 12.3. The first-order valence-electron chi connectivity index (χ1n) is 6.11. The molecule has 104 valence electrons. The molecule has 0 saturated carbocycles. The van der Waals surface area contributed by atoms with E-state index < -0.39 is 4.92 Å². The minimum Gasteiger partial charge on any atom is -0.327 e. The molecule has 1 unspecified atom stereocenters.